The van der Waals surface area contributed by atoms with Crippen LogP contribution in [0.25, 0.3) is 16.9 Å². The average molecular weight is 480 g/mol. The van der Waals surface area contributed by atoms with Gasteiger partial charge in [0.05, 0.1) is 28.6 Å². The quantitative estimate of drug-likeness (QED) is 0.274. The second-order valence-electron chi connectivity index (χ2n) is 7.76. The Kier molecular flexibility index (Phi) is 6.97. The van der Waals surface area contributed by atoms with Gasteiger partial charge in [-0.2, -0.15) is 23.7 Å². The fourth-order valence-corrected chi connectivity index (χ4v) is 4.08. The highest BCUT2D eigenvalue weighted by Crippen LogP contribution is 2.27. The highest BCUT2D eigenvalue weighted by Gasteiger charge is 2.16. The van der Waals surface area contributed by atoms with Crippen molar-refractivity contribution in [2.45, 2.75) is 24.7 Å². The van der Waals surface area contributed by atoms with Crippen LogP contribution in [0.1, 0.15) is 17.7 Å². The predicted molar refractivity (Wildman–Crippen MR) is 128 cm³/mol. The summed E-state index contributed by atoms with van der Waals surface area (Å²) in [5, 5.41) is 14.6. The van der Waals surface area contributed by atoms with Gasteiger partial charge in [-0.1, -0.05) is 42.0 Å². The number of hydrogen-bond donors (Lipinski definition) is 2. The number of phenols is 1. The molecule has 0 saturated carbocycles. The molecule has 1 heterocycles. The number of benzene rings is 3. The van der Waals surface area contributed by atoms with E-state index in [4.69, 9.17) is 15.7 Å². The fraction of sp³-hybridized carbons (Fsp3) is 0.160. The maximum absolute atomic E-state index is 11.8. The van der Waals surface area contributed by atoms with Crippen LogP contribution in [0.2, 0.25) is 0 Å². The molecule has 34 heavy (non-hydrogen) atoms. The first kappa shape index (κ1) is 23.5. The summed E-state index contributed by atoms with van der Waals surface area (Å²) in [5.74, 6) is 5.44. The van der Waals surface area contributed by atoms with Crippen LogP contribution in [0.5, 0.6) is 11.5 Å². The molecule has 3 aromatic carbocycles. The Balaban J connectivity index is 1.57. The van der Waals surface area contributed by atoms with Gasteiger partial charge in [0, 0.05) is 5.56 Å². The fourth-order valence-electron chi connectivity index (χ4n) is 3.50. The monoisotopic (exact) mass is 479 g/mol. The number of hydrogen-bond acceptors (Lipinski definition) is 7. The Labute approximate surface area is 198 Å². The largest absolute Gasteiger partial charge is 0.504 e. The highest BCUT2D eigenvalue weighted by atomic mass is 32.2. The lowest BCUT2D eigenvalue weighted by atomic mass is 10.1. The van der Waals surface area contributed by atoms with E-state index in [1.54, 1.807) is 41.1 Å². The van der Waals surface area contributed by atoms with Crippen LogP contribution >= 0.6 is 0 Å². The lowest BCUT2D eigenvalue weighted by Gasteiger charge is -2.09. The van der Waals surface area contributed by atoms with Gasteiger partial charge in [-0.25, -0.2) is 4.68 Å². The summed E-state index contributed by atoms with van der Waals surface area (Å²) in [6.07, 6.45) is 1.36. The molecular formula is C25H25N3O5S. The Morgan fingerprint density at radius 1 is 1.00 bits per heavy atom. The molecule has 0 aliphatic rings. The van der Waals surface area contributed by atoms with Crippen LogP contribution in [0.15, 0.2) is 83.8 Å². The Hall–Kier alpha value is -3.66. The van der Waals surface area contributed by atoms with Crippen molar-refractivity contribution in [3.8, 4) is 28.4 Å². The van der Waals surface area contributed by atoms with Gasteiger partial charge < -0.3 is 9.84 Å². The van der Waals surface area contributed by atoms with E-state index in [-0.39, 0.29) is 10.6 Å². The standard InChI is InChI=1S/C25H25N3O5S/c1-18-8-10-19(11-9-18)23-17-20(5-4-16-32-25-7-3-2-6-24(25)29)27-28(23)21-12-14-22(15-13-21)34(30,31)33-26/h2-3,6-15,17,29H,4-5,16,26H2,1H3. The molecular weight excluding hydrogens is 454 g/mol. The Morgan fingerprint density at radius 2 is 1.71 bits per heavy atom. The predicted octanol–water partition coefficient (Wildman–Crippen LogP) is 4.14. The summed E-state index contributed by atoms with van der Waals surface area (Å²) in [4.78, 5) is -0.0377. The molecule has 9 heteroatoms. The first-order valence-electron chi connectivity index (χ1n) is 10.7. The number of rotatable bonds is 9. The van der Waals surface area contributed by atoms with Crippen LogP contribution in [-0.2, 0) is 20.8 Å². The third-order valence-electron chi connectivity index (χ3n) is 5.30. The second kappa shape index (κ2) is 10.1. The molecule has 176 valence electrons. The first-order chi connectivity index (χ1) is 16.4. The molecule has 0 amide bonds. The van der Waals surface area contributed by atoms with E-state index in [9.17, 15) is 13.5 Å². The molecule has 0 atom stereocenters. The summed E-state index contributed by atoms with van der Waals surface area (Å²) in [5.41, 5.74) is 4.56. The lowest BCUT2D eigenvalue weighted by Crippen LogP contribution is -2.11. The number of aromatic nitrogens is 2. The van der Waals surface area contributed by atoms with Crippen molar-refractivity contribution in [2.75, 3.05) is 6.61 Å². The van der Waals surface area contributed by atoms with Gasteiger partial charge in [-0.05, 0) is 62.2 Å². The van der Waals surface area contributed by atoms with Crippen molar-refractivity contribution in [3.63, 3.8) is 0 Å². The van der Waals surface area contributed by atoms with Crippen molar-refractivity contribution in [1.29, 1.82) is 0 Å². The minimum atomic E-state index is -3.98. The molecule has 0 radical (unpaired) electrons. The summed E-state index contributed by atoms with van der Waals surface area (Å²) in [6, 6.07) is 23.1. The minimum Gasteiger partial charge on any atom is -0.504 e. The van der Waals surface area contributed by atoms with Crippen LogP contribution in [-0.4, -0.2) is 29.9 Å². The van der Waals surface area contributed by atoms with E-state index >= 15 is 0 Å². The highest BCUT2D eigenvalue weighted by molar-refractivity contribution is 7.86. The number of aryl methyl sites for hydroxylation is 2. The molecule has 0 fully saturated rings. The number of para-hydroxylation sites is 2. The van der Waals surface area contributed by atoms with E-state index in [2.05, 4.69) is 4.28 Å². The van der Waals surface area contributed by atoms with Crippen LogP contribution in [0, 0.1) is 6.92 Å². The zero-order valence-electron chi connectivity index (χ0n) is 18.6. The Bertz CT molecular complexity index is 1360. The van der Waals surface area contributed by atoms with Crippen LogP contribution in [0.4, 0.5) is 0 Å². The van der Waals surface area contributed by atoms with Crippen LogP contribution < -0.4 is 10.6 Å². The molecule has 4 rings (SSSR count). The van der Waals surface area contributed by atoms with Gasteiger partial charge >= 0.3 is 10.1 Å². The van der Waals surface area contributed by atoms with Crippen LogP contribution in [0.3, 0.4) is 0 Å². The molecule has 3 N–H and O–H groups in total. The first-order valence-corrected chi connectivity index (χ1v) is 12.1. The molecule has 4 aromatic rings. The average Bonchev–Trinajstić information content (AvgIpc) is 3.27. The van der Waals surface area contributed by atoms with E-state index < -0.39 is 10.1 Å². The van der Waals surface area contributed by atoms with Crippen molar-refractivity contribution < 1.29 is 22.5 Å². The summed E-state index contributed by atoms with van der Waals surface area (Å²) in [7, 11) is -3.98. The van der Waals surface area contributed by atoms with Crippen molar-refractivity contribution in [1.82, 2.24) is 9.78 Å². The maximum Gasteiger partial charge on any atom is 0.312 e. The van der Waals surface area contributed by atoms with Gasteiger partial charge in [0.25, 0.3) is 0 Å². The SMILES string of the molecule is Cc1ccc(-c2cc(CCCOc3ccccc3O)nn2-c2ccc(S(=O)(=O)ON)cc2)cc1. The number of phenolic OH excluding ortho intramolecular Hbond substituents is 1. The third-order valence-corrected chi connectivity index (χ3v) is 6.41. The number of nitrogens with zero attached hydrogens (tertiary/aromatic N) is 2. The molecule has 0 unspecified atom stereocenters. The van der Waals surface area contributed by atoms with Crippen molar-refractivity contribution in [2.24, 2.45) is 5.90 Å². The maximum atomic E-state index is 11.8. The van der Waals surface area contributed by atoms with Gasteiger partial charge in [0.2, 0.25) is 0 Å². The molecule has 0 aliphatic heterocycles. The minimum absolute atomic E-state index is 0.0377. The van der Waals surface area contributed by atoms with E-state index in [0.29, 0.717) is 30.9 Å². The van der Waals surface area contributed by atoms with Crippen molar-refractivity contribution in [3.05, 3.63) is 90.1 Å². The van der Waals surface area contributed by atoms with Gasteiger partial charge in [0.15, 0.2) is 11.5 Å². The summed E-state index contributed by atoms with van der Waals surface area (Å²) < 4.78 is 35.2. The van der Waals surface area contributed by atoms with E-state index in [1.165, 1.54) is 12.1 Å². The number of aromatic hydroxyl groups is 1. The van der Waals surface area contributed by atoms with E-state index in [0.717, 1.165) is 22.5 Å². The smallest absolute Gasteiger partial charge is 0.312 e. The topological polar surface area (TPSA) is 117 Å². The molecule has 0 spiro atoms. The van der Waals surface area contributed by atoms with E-state index in [1.807, 2.05) is 37.3 Å². The summed E-state index contributed by atoms with van der Waals surface area (Å²) in [6.45, 7) is 2.45. The third kappa shape index (κ3) is 5.28. The number of nitrogens with two attached hydrogens (primary N) is 1. The molecule has 0 bridgehead atoms. The Morgan fingerprint density at radius 3 is 2.38 bits per heavy atom. The molecule has 0 saturated heterocycles. The molecule has 1 aromatic heterocycles. The van der Waals surface area contributed by atoms with Gasteiger partial charge in [-0.15, -0.1) is 0 Å². The summed E-state index contributed by atoms with van der Waals surface area (Å²) >= 11 is 0. The second-order valence-corrected chi connectivity index (χ2v) is 9.33. The normalized spacial score (nSPS) is 11.5. The van der Waals surface area contributed by atoms with Gasteiger partial charge in [0.1, 0.15) is 0 Å². The zero-order valence-corrected chi connectivity index (χ0v) is 19.4. The van der Waals surface area contributed by atoms with Gasteiger partial charge in [-0.3, -0.25) is 0 Å². The molecule has 8 nitrogen and oxygen atoms in total. The number of ether oxygens (including phenoxy) is 1. The lowest BCUT2D eigenvalue weighted by molar-refractivity contribution is 0.293. The zero-order chi connectivity index (χ0) is 24.1. The van der Waals surface area contributed by atoms with Crippen molar-refractivity contribution >= 4 is 10.1 Å². The molecule has 0 aliphatic carbocycles.